The first-order valence-electron chi connectivity index (χ1n) is 5.67. The zero-order valence-corrected chi connectivity index (χ0v) is 10.7. The van der Waals surface area contributed by atoms with Crippen molar-refractivity contribution < 1.29 is 29.4 Å². The van der Waals surface area contributed by atoms with Gasteiger partial charge in [-0.1, -0.05) is 0 Å². The van der Waals surface area contributed by atoms with Crippen LogP contribution in [0.15, 0.2) is 18.2 Å². The van der Waals surface area contributed by atoms with Crippen LogP contribution in [0.25, 0.3) is 0 Å². The van der Waals surface area contributed by atoms with Gasteiger partial charge in [0.15, 0.2) is 0 Å². The number of carboxylic acid groups (broad SMARTS) is 2. The summed E-state index contributed by atoms with van der Waals surface area (Å²) < 4.78 is 0. The summed E-state index contributed by atoms with van der Waals surface area (Å²) in [5.41, 5.74) is 9.63. The van der Waals surface area contributed by atoms with Gasteiger partial charge in [0, 0.05) is 5.69 Å². The lowest BCUT2D eigenvalue weighted by Gasteiger charge is -2.11. The molecule has 0 aliphatic carbocycles. The monoisotopic (exact) mass is 295 g/mol. The van der Waals surface area contributed by atoms with E-state index in [0.717, 1.165) is 18.2 Å². The molecular weight excluding hydrogens is 282 g/mol. The van der Waals surface area contributed by atoms with E-state index in [-0.39, 0.29) is 16.8 Å². The predicted molar refractivity (Wildman–Crippen MR) is 70.8 cm³/mol. The van der Waals surface area contributed by atoms with E-state index in [9.17, 15) is 19.2 Å². The van der Waals surface area contributed by atoms with Gasteiger partial charge < -0.3 is 27.0 Å². The second kappa shape index (κ2) is 6.48. The number of carboxylic acids is 2. The number of rotatable bonds is 6. The van der Waals surface area contributed by atoms with Crippen molar-refractivity contribution in [2.24, 2.45) is 11.5 Å². The molecule has 0 aliphatic heterocycles. The van der Waals surface area contributed by atoms with Crippen molar-refractivity contribution >= 4 is 29.4 Å². The van der Waals surface area contributed by atoms with Crippen LogP contribution in [0.2, 0.25) is 0 Å². The van der Waals surface area contributed by atoms with Crippen LogP contribution in [0.5, 0.6) is 0 Å². The van der Waals surface area contributed by atoms with Crippen LogP contribution >= 0.6 is 0 Å². The largest absolute Gasteiger partial charge is 0.478 e. The molecule has 1 unspecified atom stereocenters. The first-order valence-corrected chi connectivity index (χ1v) is 5.67. The van der Waals surface area contributed by atoms with Crippen LogP contribution < -0.4 is 16.8 Å². The van der Waals surface area contributed by atoms with E-state index >= 15 is 0 Å². The van der Waals surface area contributed by atoms with Gasteiger partial charge >= 0.3 is 11.9 Å². The molecule has 1 aromatic carbocycles. The van der Waals surface area contributed by atoms with Crippen molar-refractivity contribution in [2.75, 3.05) is 5.32 Å². The highest BCUT2D eigenvalue weighted by Crippen LogP contribution is 2.16. The molecule has 0 fully saturated rings. The Morgan fingerprint density at radius 3 is 1.90 bits per heavy atom. The number of hydrogen-bond acceptors (Lipinski definition) is 5. The lowest BCUT2D eigenvalue weighted by Crippen LogP contribution is -2.39. The van der Waals surface area contributed by atoms with E-state index in [1.54, 1.807) is 0 Å². The Balaban J connectivity index is 3.02. The Bertz CT molecular complexity index is 581. The van der Waals surface area contributed by atoms with Crippen LogP contribution in [0.3, 0.4) is 0 Å². The van der Waals surface area contributed by atoms with E-state index in [0.29, 0.717) is 0 Å². The van der Waals surface area contributed by atoms with Crippen LogP contribution in [-0.2, 0) is 9.59 Å². The molecule has 0 radical (unpaired) electrons. The summed E-state index contributed by atoms with van der Waals surface area (Å²) in [6.45, 7) is 0. The molecule has 0 bridgehead atoms. The van der Waals surface area contributed by atoms with Crippen molar-refractivity contribution in [1.82, 2.24) is 0 Å². The van der Waals surface area contributed by atoms with Crippen LogP contribution in [-0.4, -0.2) is 40.0 Å². The fraction of sp³-hybridized carbons (Fsp3) is 0.167. The highest BCUT2D eigenvalue weighted by molar-refractivity contribution is 6.00. The van der Waals surface area contributed by atoms with E-state index in [1.165, 1.54) is 0 Å². The summed E-state index contributed by atoms with van der Waals surface area (Å²) in [4.78, 5) is 44.1. The Morgan fingerprint density at radius 1 is 1.05 bits per heavy atom. The standard InChI is InChI=1S/C12H13N3O6/c13-8(4-9(14)16)10(17)15-7-2-5(11(18)19)1-6(3-7)12(20)21/h1-3,8H,4,13H2,(H2,14,16)(H,15,17)(H,18,19)(H,20,21). The van der Waals surface area contributed by atoms with Gasteiger partial charge in [-0.15, -0.1) is 0 Å². The summed E-state index contributed by atoms with van der Waals surface area (Å²) >= 11 is 0. The third kappa shape index (κ3) is 4.58. The smallest absolute Gasteiger partial charge is 0.335 e. The number of anilines is 1. The first-order chi connectivity index (χ1) is 9.70. The summed E-state index contributed by atoms with van der Waals surface area (Å²) in [7, 11) is 0. The average molecular weight is 295 g/mol. The van der Waals surface area contributed by atoms with Gasteiger partial charge in [-0.05, 0) is 18.2 Å². The fourth-order valence-electron chi connectivity index (χ4n) is 1.49. The topological polar surface area (TPSA) is 173 Å². The van der Waals surface area contributed by atoms with Gasteiger partial charge in [0.2, 0.25) is 11.8 Å². The van der Waals surface area contributed by atoms with Gasteiger partial charge in [0.1, 0.15) is 0 Å². The molecule has 1 aromatic rings. The molecule has 0 heterocycles. The van der Waals surface area contributed by atoms with E-state index in [2.05, 4.69) is 5.32 Å². The second-order valence-electron chi connectivity index (χ2n) is 4.18. The number of carbonyl (C=O) groups excluding carboxylic acids is 2. The van der Waals surface area contributed by atoms with Crippen molar-refractivity contribution in [2.45, 2.75) is 12.5 Å². The number of primary amides is 1. The molecule has 1 rings (SSSR count). The Hall–Kier alpha value is -2.94. The van der Waals surface area contributed by atoms with Crippen molar-refractivity contribution in [3.8, 4) is 0 Å². The molecule has 21 heavy (non-hydrogen) atoms. The lowest BCUT2D eigenvalue weighted by atomic mass is 10.1. The summed E-state index contributed by atoms with van der Waals surface area (Å²) in [6.07, 6.45) is -0.393. The number of amides is 2. The zero-order chi connectivity index (χ0) is 16.2. The van der Waals surface area contributed by atoms with Gasteiger partial charge in [0.25, 0.3) is 0 Å². The van der Waals surface area contributed by atoms with E-state index < -0.39 is 36.2 Å². The molecule has 2 amide bonds. The normalized spacial score (nSPS) is 11.5. The first kappa shape index (κ1) is 16.1. The van der Waals surface area contributed by atoms with Gasteiger partial charge in [-0.2, -0.15) is 0 Å². The number of hydrogen-bond donors (Lipinski definition) is 5. The molecule has 1 atom stereocenters. The van der Waals surface area contributed by atoms with Crippen molar-refractivity contribution in [3.05, 3.63) is 29.3 Å². The predicted octanol–water partition coefficient (Wildman–Crippen LogP) is -0.776. The van der Waals surface area contributed by atoms with Crippen molar-refractivity contribution in [1.29, 1.82) is 0 Å². The molecule has 0 saturated carbocycles. The van der Waals surface area contributed by atoms with Gasteiger partial charge in [-0.3, -0.25) is 9.59 Å². The van der Waals surface area contributed by atoms with Gasteiger partial charge in [0.05, 0.1) is 23.6 Å². The Morgan fingerprint density at radius 2 is 1.52 bits per heavy atom. The summed E-state index contributed by atoms with van der Waals surface area (Å²) in [5.74, 6) is -4.26. The highest BCUT2D eigenvalue weighted by Gasteiger charge is 2.18. The van der Waals surface area contributed by atoms with E-state index in [4.69, 9.17) is 21.7 Å². The molecule has 9 nitrogen and oxygen atoms in total. The maximum Gasteiger partial charge on any atom is 0.335 e. The fourth-order valence-corrected chi connectivity index (χ4v) is 1.49. The van der Waals surface area contributed by atoms with Gasteiger partial charge in [-0.25, -0.2) is 9.59 Å². The molecule has 112 valence electrons. The lowest BCUT2D eigenvalue weighted by molar-refractivity contribution is -0.123. The molecule has 0 aromatic heterocycles. The Kier molecular flexibility index (Phi) is 4.97. The number of nitrogens with two attached hydrogens (primary N) is 2. The maximum atomic E-state index is 11.7. The zero-order valence-electron chi connectivity index (χ0n) is 10.7. The highest BCUT2D eigenvalue weighted by atomic mass is 16.4. The summed E-state index contributed by atoms with van der Waals surface area (Å²) in [5, 5.41) is 20.0. The molecule has 9 heteroatoms. The van der Waals surface area contributed by atoms with Crippen LogP contribution in [0, 0.1) is 0 Å². The average Bonchev–Trinajstić information content (AvgIpc) is 2.37. The number of benzene rings is 1. The maximum absolute atomic E-state index is 11.7. The molecule has 7 N–H and O–H groups in total. The number of aromatic carboxylic acids is 2. The minimum Gasteiger partial charge on any atom is -0.478 e. The molecular formula is C12H13N3O6. The number of nitrogens with one attached hydrogen (secondary N) is 1. The van der Waals surface area contributed by atoms with Crippen LogP contribution in [0.4, 0.5) is 5.69 Å². The Labute approximate surface area is 118 Å². The minimum absolute atomic E-state index is 0.0581. The quantitative estimate of drug-likeness (QED) is 0.457. The second-order valence-corrected chi connectivity index (χ2v) is 4.18. The third-order valence-corrected chi connectivity index (χ3v) is 2.45. The molecule has 0 saturated heterocycles. The molecule has 0 aliphatic rings. The van der Waals surface area contributed by atoms with Crippen molar-refractivity contribution in [3.63, 3.8) is 0 Å². The summed E-state index contributed by atoms with van der Waals surface area (Å²) in [6, 6.07) is 1.88. The molecule has 0 spiro atoms. The number of carbonyl (C=O) groups is 4. The van der Waals surface area contributed by atoms with Crippen LogP contribution in [0.1, 0.15) is 27.1 Å². The van der Waals surface area contributed by atoms with E-state index in [1.807, 2.05) is 0 Å². The SMILES string of the molecule is NC(=O)CC(N)C(=O)Nc1cc(C(=O)O)cc(C(=O)O)c1. The minimum atomic E-state index is -1.35. The third-order valence-electron chi connectivity index (χ3n) is 2.45.